The van der Waals surface area contributed by atoms with Crippen LogP contribution in [0.15, 0.2) is 41.8 Å². The van der Waals surface area contributed by atoms with E-state index in [-0.39, 0.29) is 5.91 Å². The van der Waals surface area contributed by atoms with Gasteiger partial charge in [-0.25, -0.2) is 0 Å². The smallest absolute Gasteiger partial charge is 0.265 e. The predicted octanol–water partition coefficient (Wildman–Crippen LogP) is 3.67. The molecule has 19 heavy (non-hydrogen) atoms. The summed E-state index contributed by atoms with van der Waals surface area (Å²) in [6, 6.07) is 11.6. The maximum absolute atomic E-state index is 12.2. The number of carbonyl (C=O) groups is 1. The number of hydrogen-bond acceptors (Lipinski definition) is 4. The molecule has 5 heteroatoms. The van der Waals surface area contributed by atoms with E-state index >= 15 is 0 Å². The van der Waals surface area contributed by atoms with Crippen LogP contribution in [-0.4, -0.2) is 5.91 Å². The lowest BCUT2D eigenvalue weighted by Gasteiger charge is -2.08. The van der Waals surface area contributed by atoms with Gasteiger partial charge in [0.05, 0.1) is 4.88 Å². The maximum atomic E-state index is 12.2. The van der Waals surface area contributed by atoms with Gasteiger partial charge in [-0.1, -0.05) is 18.2 Å². The quantitative estimate of drug-likeness (QED) is 0.772. The minimum atomic E-state index is -0.0747. The van der Waals surface area contributed by atoms with E-state index < -0.39 is 0 Å². The standard InChI is InChI=1S/C14H12N2OS2/c15-8-9-3-1-2-4-10(9)16-14(17)13-7-12-11(19-13)5-6-18-12/h1-7H,8,15H2,(H,16,17). The largest absolute Gasteiger partial charge is 0.326 e. The molecular formula is C14H12N2OS2. The SMILES string of the molecule is NCc1ccccc1NC(=O)c1cc2sccc2s1. The third kappa shape index (κ3) is 2.40. The van der Waals surface area contributed by atoms with E-state index in [1.54, 1.807) is 11.3 Å². The van der Waals surface area contributed by atoms with Gasteiger partial charge in [-0.15, -0.1) is 22.7 Å². The molecule has 3 nitrogen and oxygen atoms in total. The van der Waals surface area contributed by atoms with Gasteiger partial charge < -0.3 is 11.1 Å². The maximum Gasteiger partial charge on any atom is 0.265 e. The van der Waals surface area contributed by atoms with E-state index in [0.29, 0.717) is 6.54 Å². The first-order chi connectivity index (χ1) is 9.28. The summed E-state index contributed by atoms with van der Waals surface area (Å²) >= 11 is 3.16. The molecule has 3 N–H and O–H groups in total. The monoisotopic (exact) mass is 288 g/mol. The van der Waals surface area contributed by atoms with E-state index in [1.165, 1.54) is 11.3 Å². The first kappa shape index (κ1) is 12.3. The fourth-order valence-electron chi connectivity index (χ4n) is 1.88. The summed E-state index contributed by atoms with van der Waals surface area (Å²) in [5.41, 5.74) is 7.39. The van der Waals surface area contributed by atoms with Gasteiger partial charge in [0.25, 0.3) is 5.91 Å². The Morgan fingerprint density at radius 1 is 1.21 bits per heavy atom. The topological polar surface area (TPSA) is 55.1 Å². The van der Waals surface area contributed by atoms with Gasteiger partial charge >= 0.3 is 0 Å². The Hall–Kier alpha value is -1.69. The fourth-order valence-corrected chi connectivity index (χ4v) is 3.89. The lowest BCUT2D eigenvalue weighted by Crippen LogP contribution is -2.12. The number of anilines is 1. The molecular weight excluding hydrogens is 276 g/mol. The highest BCUT2D eigenvalue weighted by Gasteiger charge is 2.12. The van der Waals surface area contributed by atoms with Crippen molar-refractivity contribution < 1.29 is 4.79 Å². The van der Waals surface area contributed by atoms with Crippen molar-refractivity contribution in [2.75, 3.05) is 5.32 Å². The second kappa shape index (κ2) is 5.13. The molecule has 0 unspecified atom stereocenters. The molecule has 0 aliphatic rings. The predicted molar refractivity (Wildman–Crippen MR) is 82.0 cm³/mol. The van der Waals surface area contributed by atoms with E-state index in [9.17, 15) is 4.79 Å². The average molecular weight is 288 g/mol. The molecule has 2 heterocycles. The molecule has 1 amide bonds. The Morgan fingerprint density at radius 3 is 2.84 bits per heavy atom. The van der Waals surface area contributed by atoms with Gasteiger partial charge in [0.15, 0.2) is 0 Å². The molecule has 3 aromatic rings. The number of rotatable bonds is 3. The van der Waals surface area contributed by atoms with Gasteiger partial charge in [0.2, 0.25) is 0 Å². The van der Waals surface area contributed by atoms with Crippen molar-refractivity contribution in [2.45, 2.75) is 6.54 Å². The molecule has 0 fully saturated rings. The highest BCUT2D eigenvalue weighted by atomic mass is 32.1. The third-order valence-corrected chi connectivity index (χ3v) is 4.94. The van der Waals surface area contributed by atoms with Crippen molar-refractivity contribution in [3.63, 3.8) is 0 Å². The number of benzene rings is 1. The van der Waals surface area contributed by atoms with Crippen molar-refractivity contribution >= 4 is 43.7 Å². The van der Waals surface area contributed by atoms with Crippen molar-refractivity contribution in [2.24, 2.45) is 5.73 Å². The van der Waals surface area contributed by atoms with Gasteiger partial charge in [0, 0.05) is 21.6 Å². The molecule has 0 spiro atoms. The zero-order valence-corrected chi connectivity index (χ0v) is 11.7. The first-order valence-corrected chi connectivity index (χ1v) is 7.54. The van der Waals surface area contributed by atoms with Gasteiger partial charge in [0.1, 0.15) is 0 Å². The van der Waals surface area contributed by atoms with Crippen molar-refractivity contribution in [1.82, 2.24) is 0 Å². The minimum Gasteiger partial charge on any atom is -0.326 e. The summed E-state index contributed by atoms with van der Waals surface area (Å²) in [5.74, 6) is -0.0747. The molecule has 0 bridgehead atoms. The minimum absolute atomic E-state index is 0.0747. The summed E-state index contributed by atoms with van der Waals surface area (Å²) in [7, 11) is 0. The van der Waals surface area contributed by atoms with E-state index in [2.05, 4.69) is 5.32 Å². The molecule has 0 aliphatic carbocycles. The van der Waals surface area contributed by atoms with Crippen LogP contribution < -0.4 is 11.1 Å². The van der Waals surface area contributed by atoms with Crippen LogP contribution in [0.4, 0.5) is 5.69 Å². The van der Waals surface area contributed by atoms with Crippen LogP contribution in [0.3, 0.4) is 0 Å². The number of hydrogen-bond donors (Lipinski definition) is 2. The Bertz CT molecular complexity index is 701. The fraction of sp³-hybridized carbons (Fsp3) is 0.0714. The normalized spacial score (nSPS) is 10.8. The molecule has 0 atom stereocenters. The van der Waals surface area contributed by atoms with Crippen LogP contribution >= 0.6 is 22.7 Å². The highest BCUT2D eigenvalue weighted by Crippen LogP contribution is 2.30. The van der Waals surface area contributed by atoms with Crippen LogP contribution in [0, 0.1) is 0 Å². The van der Waals surface area contributed by atoms with Crippen LogP contribution in [0.5, 0.6) is 0 Å². The molecule has 96 valence electrons. The summed E-state index contributed by atoms with van der Waals surface area (Å²) in [5, 5.41) is 4.96. The molecule has 1 aromatic carbocycles. The van der Waals surface area contributed by atoms with Gasteiger partial charge in [-0.05, 0) is 29.1 Å². The molecule has 0 saturated heterocycles. The van der Waals surface area contributed by atoms with Crippen LogP contribution in [0.2, 0.25) is 0 Å². The molecule has 0 saturated carbocycles. The van der Waals surface area contributed by atoms with E-state index in [1.807, 2.05) is 41.8 Å². The highest BCUT2D eigenvalue weighted by molar-refractivity contribution is 7.27. The van der Waals surface area contributed by atoms with Crippen molar-refractivity contribution in [1.29, 1.82) is 0 Å². The van der Waals surface area contributed by atoms with Crippen LogP contribution in [0.1, 0.15) is 15.2 Å². The Balaban J connectivity index is 1.86. The van der Waals surface area contributed by atoms with Crippen LogP contribution in [0.25, 0.3) is 9.40 Å². The van der Waals surface area contributed by atoms with Crippen molar-refractivity contribution in [3.8, 4) is 0 Å². The number of thiophene rings is 2. The summed E-state index contributed by atoms with van der Waals surface area (Å²) < 4.78 is 2.31. The second-order valence-corrected chi connectivity index (χ2v) is 6.11. The Morgan fingerprint density at radius 2 is 2.05 bits per heavy atom. The second-order valence-electron chi connectivity index (χ2n) is 4.08. The molecule has 3 rings (SSSR count). The number of para-hydroxylation sites is 1. The zero-order valence-electron chi connectivity index (χ0n) is 10.1. The summed E-state index contributed by atoms with van der Waals surface area (Å²) in [4.78, 5) is 12.9. The average Bonchev–Trinajstić information content (AvgIpc) is 3.00. The number of nitrogens with two attached hydrogens (primary N) is 1. The van der Waals surface area contributed by atoms with Crippen LogP contribution in [-0.2, 0) is 6.54 Å². The molecule has 2 aromatic heterocycles. The number of amides is 1. The van der Waals surface area contributed by atoms with Crippen molar-refractivity contribution in [3.05, 3.63) is 52.2 Å². The van der Waals surface area contributed by atoms with E-state index in [0.717, 1.165) is 25.5 Å². The molecule has 0 aliphatic heterocycles. The molecule has 0 radical (unpaired) electrons. The van der Waals surface area contributed by atoms with Gasteiger partial charge in [-0.3, -0.25) is 4.79 Å². The van der Waals surface area contributed by atoms with E-state index in [4.69, 9.17) is 5.73 Å². The van der Waals surface area contributed by atoms with Gasteiger partial charge in [-0.2, -0.15) is 0 Å². The lowest BCUT2D eigenvalue weighted by atomic mass is 10.2. The zero-order chi connectivity index (χ0) is 13.2. The number of nitrogens with one attached hydrogen (secondary N) is 1. The third-order valence-electron chi connectivity index (χ3n) is 2.85. The lowest BCUT2D eigenvalue weighted by molar-refractivity contribution is 0.103. The Labute approximate surface area is 118 Å². The summed E-state index contributed by atoms with van der Waals surface area (Å²) in [6.07, 6.45) is 0. The first-order valence-electron chi connectivity index (χ1n) is 5.84. The number of carbonyl (C=O) groups excluding carboxylic acids is 1. The Kier molecular flexibility index (Phi) is 3.33. The number of fused-ring (bicyclic) bond motifs is 1. The summed E-state index contributed by atoms with van der Waals surface area (Å²) in [6.45, 7) is 0.413.